The highest BCUT2D eigenvalue weighted by Crippen LogP contribution is 2.30. The Morgan fingerprint density at radius 3 is 2.76 bits per heavy atom. The van der Waals surface area contributed by atoms with Gasteiger partial charge in [0, 0.05) is 36.6 Å². The summed E-state index contributed by atoms with van der Waals surface area (Å²) in [5, 5.41) is 0. The van der Waals surface area contributed by atoms with Gasteiger partial charge in [0.05, 0.1) is 24.0 Å². The maximum Gasteiger partial charge on any atom is 0.262 e. The largest absolute Gasteiger partial charge is 0.381 e. The highest BCUT2D eigenvalue weighted by atomic mass is 19.1. The van der Waals surface area contributed by atoms with E-state index in [1.54, 1.807) is 19.9 Å². The second-order valence-corrected chi connectivity index (χ2v) is 8.73. The van der Waals surface area contributed by atoms with Crippen LogP contribution in [0.15, 0.2) is 35.1 Å². The normalized spacial score (nSPS) is 20.9. The summed E-state index contributed by atoms with van der Waals surface area (Å²) < 4.78 is 41.1. The molecule has 1 fully saturated rings. The fraction of sp³-hybridized carbons (Fsp3) is 0.400. The predicted molar refractivity (Wildman–Crippen MR) is 120 cm³/mol. The molecule has 2 aromatic heterocycles. The van der Waals surface area contributed by atoms with E-state index >= 15 is 0 Å². The molecule has 3 aromatic rings. The van der Waals surface area contributed by atoms with E-state index in [0.717, 1.165) is 43.8 Å². The van der Waals surface area contributed by atoms with Crippen LogP contribution in [-0.4, -0.2) is 40.3 Å². The first kappa shape index (κ1) is 21.9. The average Bonchev–Trinajstić information content (AvgIpc) is 3.30. The van der Waals surface area contributed by atoms with Gasteiger partial charge in [-0.2, -0.15) is 0 Å². The molecule has 33 heavy (non-hydrogen) atoms. The number of nitrogens with zero attached hydrogens (tertiary/aromatic N) is 3. The number of benzene rings is 1. The maximum atomic E-state index is 14.8. The van der Waals surface area contributed by atoms with Crippen molar-refractivity contribution in [2.75, 3.05) is 19.8 Å². The topological polar surface area (TPSA) is 65.7 Å². The van der Waals surface area contributed by atoms with Crippen LogP contribution in [0.4, 0.5) is 8.78 Å². The summed E-state index contributed by atoms with van der Waals surface area (Å²) in [6, 6.07) is 5.01. The summed E-state index contributed by atoms with van der Waals surface area (Å²) in [6.07, 6.45) is 4.54. The number of ether oxygens (including phenoxy) is 2. The summed E-state index contributed by atoms with van der Waals surface area (Å²) in [6.45, 7) is 5.52. The third kappa shape index (κ3) is 4.20. The zero-order chi connectivity index (χ0) is 23.1. The highest BCUT2D eigenvalue weighted by molar-refractivity contribution is 5.70. The van der Waals surface area contributed by atoms with E-state index in [9.17, 15) is 13.6 Å². The molecule has 0 aliphatic carbocycles. The van der Waals surface area contributed by atoms with E-state index in [-0.39, 0.29) is 23.1 Å². The minimum Gasteiger partial charge on any atom is -0.381 e. The van der Waals surface area contributed by atoms with Crippen molar-refractivity contribution in [3.63, 3.8) is 0 Å². The summed E-state index contributed by atoms with van der Waals surface area (Å²) in [7, 11) is 0. The van der Waals surface area contributed by atoms with Crippen LogP contribution in [0.1, 0.15) is 36.2 Å². The van der Waals surface area contributed by atoms with Crippen molar-refractivity contribution < 1.29 is 18.3 Å². The van der Waals surface area contributed by atoms with E-state index in [1.165, 1.54) is 10.5 Å². The van der Waals surface area contributed by atoms with Gasteiger partial charge in [0.25, 0.3) is 5.56 Å². The van der Waals surface area contributed by atoms with Crippen molar-refractivity contribution in [1.29, 1.82) is 0 Å². The van der Waals surface area contributed by atoms with Gasteiger partial charge in [0.15, 0.2) is 5.82 Å². The molecule has 0 amide bonds. The molecular formula is C25H25F2N3O3. The molecule has 0 bridgehead atoms. The molecular weight excluding hydrogens is 428 g/mol. The first-order valence-electron chi connectivity index (χ1n) is 11.2. The Hall–Kier alpha value is -2.97. The van der Waals surface area contributed by atoms with Crippen molar-refractivity contribution in [1.82, 2.24) is 14.4 Å². The zero-order valence-corrected chi connectivity index (χ0v) is 18.6. The average molecular weight is 453 g/mol. The first-order valence-corrected chi connectivity index (χ1v) is 11.2. The molecule has 0 radical (unpaired) electrons. The molecule has 0 N–H and O–H groups in total. The van der Waals surface area contributed by atoms with E-state index in [2.05, 4.69) is 11.1 Å². The van der Waals surface area contributed by atoms with Gasteiger partial charge in [-0.05, 0) is 56.7 Å². The van der Waals surface area contributed by atoms with Gasteiger partial charge in [-0.1, -0.05) is 6.08 Å². The summed E-state index contributed by atoms with van der Waals surface area (Å²) in [4.78, 5) is 22.4. The lowest BCUT2D eigenvalue weighted by atomic mass is 9.96. The van der Waals surface area contributed by atoms with Gasteiger partial charge in [-0.3, -0.25) is 4.79 Å². The minimum absolute atomic E-state index is 0.0442. The number of halogens is 2. The van der Waals surface area contributed by atoms with Gasteiger partial charge in [-0.15, -0.1) is 0 Å². The summed E-state index contributed by atoms with van der Waals surface area (Å²) in [5.41, 5.74) is 2.72. The molecule has 2 aliphatic rings. The molecule has 2 unspecified atom stereocenters. The fourth-order valence-electron chi connectivity index (χ4n) is 4.49. The van der Waals surface area contributed by atoms with E-state index in [4.69, 9.17) is 14.5 Å². The van der Waals surface area contributed by atoms with Gasteiger partial charge in [-0.25, -0.2) is 23.1 Å². The van der Waals surface area contributed by atoms with Gasteiger partial charge in [0.1, 0.15) is 17.3 Å². The first-order chi connectivity index (χ1) is 15.9. The van der Waals surface area contributed by atoms with E-state index < -0.39 is 11.6 Å². The number of aromatic nitrogens is 3. The van der Waals surface area contributed by atoms with Crippen LogP contribution in [0, 0.1) is 31.4 Å². The third-order valence-electron chi connectivity index (χ3n) is 6.46. The molecule has 1 aromatic carbocycles. The standard InChI is InChI=1S/C25H25F2N3O3/c1-14-15(2)28-23-12-22(17-6-8-33-19(10-17)9-16-5-7-32-13-16)29-24(30(23)25(14)31)20-4-3-18(26)11-21(20)27/h3-4,10-12,16,19H,5-9,13H2,1-2H3. The second-order valence-electron chi connectivity index (χ2n) is 8.73. The van der Waals surface area contributed by atoms with Crippen molar-refractivity contribution in [3.8, 4) is 11.4 Å². The molecule has 2 aliphatic heterocycles. The molecule has 6 nitrogen and oxygen atoms in total. The Morgan fingerprint density at radius 1 is 1.15 bits per heavy atom. The Morgan fingerprint density at radius 2 is 2.00 bits per heavy atom. The zero-order valence-electron chi connectivity index (χ0n) is 18.6. The van der Waals surface area contributed by atoms with E-state index in [0.29, 0.717) is 41.5 Å². The Bertz CT molecular complexity index is 1310. The van der Waals surface area contributed by atoms with Crippen molar-refractivity contribution in [3.05, 3.63) is 69.3 Å². The van der Waals surface area contributed by atoms with Gasteiger partial charge in [0.2, 0.25) is 0 Å². The maximum absolute atomic E-state index is 14.8. The molecule has 4 heterocycles. The van der Waals surface area contributed by atoms with Crippen LogP contribution < -0.4 is 5.56 Å². The Labute approximate surface area is 189 Å². The lowest BCUT2D eigenvalue weighted by Crippen LogP contribution is -2.24. The predicted octanol–water partition coefficient (Wildman–Crippen LogP) is 4.25. The van der Waals surface area contributed by atoms with Gasteiger partial charge < -0.3 is 9.47 Å². The number of aryl methyl sites for hydroxylation is 1. The van der Waals surface area contributed by atoms with Crippen molar-refractivity contribution in [2.24, 2.45) is 5.92 Å². The molecule has 2 atom stereocenters. The second kappa shape index (κ2) is 8.76. The van der Waals surface area contributed by atoms with Crippen molar-refractivity contribution >= 4 is 11.2 Å². The van der Waals surface area contributed by atoms with Crippen LogP contribution in [0.5, 0.6) is 0 Å². The number of hydrogen-bond acceptors (Lipinski definition) is 5. The fourth-order valence-corrected chi connectivity index (χ4v) is 4.49. The monoisotopic (exact) mass is 453 g/mol. The lowest BCUT2D eigenvalue weighted by molar-refractivity contribution is 0.0625. The van der Waals surface area contributed by atoms with Gasteiger partial charge >= 0.3 is 0 Å². The van der Waals surface area contributed by atoms with E-state index in [1.807, 2.05) is 0 Å². The molecule has 1 saturated heterocycles. The third-order valence-corrected chi connectivity index (χ3v) is 6.46. The van der Waals surface area contributed by atoms with Crippen molar-refractivity contribution in [2.45, 2.75) is 39.2 Å². The Kier molecular flexibility index (Phi) is 5.80. The van der Waals surface area contributed by atoms with Crippen LogP contribution in [0.2, 0.25) is 0 Å². The van der Waals surface area contributed by atoms with Crippen LogP contribution in [0.3, 0.4) is 0 Å². The van der Waals surface area contributed by atoms with Crippen LogP contribution in [0.25, 0.3) is 22.6 Å². The minimum atomic E-state index is -0.786. The summed E-state index contributed by atoms with van der Waals surface area (Å²) in [5.74, 6) is -0.912. The highest BCUT2D eigenvalue weighted by Gasteiger charge is 2.24. The number of fused-ring (bicyclic) bond motifs is 1. The quantitative estimate of drug-likeness (QED) is 0.591. The van der Waals surface area contributed by atoms with Crippen LogP contribution >= 0.6 is 0 Å². The number of hydrogen-bond donors (Lipinski definition) is 0. The molecule has 0 spiro atoms. The smallest absolute Gasteiger partial charge is 0.262 e. The number of rotatable bonds is 4. The molecule has 0 saturated carbocycles. The SMILES string of the molecule is Cc1nc2cc(C3=CC(CC4CCOC4)OCC3)nc(-c3ccc(F)cc3F)n2c(=O)c1C. The lowest BCUT2D eigenvalue weighted by Gasteiger charge is -2.24. The van der Waals surface area contributed by atoms with Crippen LogP contribution in [-0.2, 0) is 9.47 Å². The molecule has 172 valence electrons. The molecule has 8 heteroatoms. The Balaban J connectivity index is 1.66. The summed E-state index contributed by atoms with van der Waals surface area (Å²) >= 11 is 0. The molecule has 5 rings (SSSR count).